The quantitative estimate of drug-likeness (QED) is 0.883. The van der Waals surface area contributed by atoms with Crippen molar-refractivity contribution in [1.82, 2.24) is 10.6 Å². The number of carbonyl (C=O) groups excluding carboxylic acids is 2. The molecule has 2 aromatic carbocycles. The maximum Gasteiger partial charge on any atom is 0.321 e. The number of benzene rings is 2. The second-order valence-electron chi connectivity index (χ2n) is 4.53. The van der Waals surface area contributed by atoms with Crippen LogP contribution in [-0.4, -0.2) is 19.0 Å². The van der Waals surface area contributed by atoms with E-state index < -0.39 is 18.0 Å². The van der Waals surface area contributed by atoms with Gasteiger partial charge in [0.2, 0.25) is 6.10 Å². The van der Waals surface area contributed by atoms with Crippen LogP contribution in [0.3, 0.4) is 0 Å². The van der Waals surface area contributed by atoms with Gasteiger partial charge in [0.1, 0.15) is 10.8 Å². The number of hydrogen-bond donors (Lipinski definition) is 2. The zero-order valence-corrected chi connectivity index (χ0v) is 13.7. The van der Waals surface area contributed by atoms with E-state index in [0.29, 0.717) is 10.6 Å². The van der Waals surface area contributed by atoms with Crippen LogP contribution < -0.4 is 15.4 Å². The molecular formula is C16H14Cl2N2O3. The third kappa shape index (κ3) is 4.37. The van der Waals surface area contributed by atoms with Crippen LogP contribution in [0.4, 0.5) is 4.79 Å². The zero-order valence-electron chi connectivity index (χ0n) is 12.2. The van der Waals surface area contributed by atoms with Crippen molar-refractivity contribution >= 4 is 35.1 Å². The lowest BCUT2D eigenvalue weighted by Crippen LogP contribution is -2.41. The molecule has 2 rings (SSSR count). The topological polar surface area (TPSA) is 67.4 Å². The molecule has 0 spiro atoms. The van der Waals surface area contributed by atoms with Gasteiger partial charge in [-0.25, -0.2) is 4.79 Å². The number of urea groups is 1. The molecule has 5 nitrogen and oxygen atoms in total. The van der Waals surface area contributed by atoms with Crippen LogP contribution in [0.1, 0.15) is 11.7 Å². The van der Waals surface area contributed by atoms with E-state index >= 15 is 0 Å². The fourth-order valence-electron chi connectivity index (χ4n) is 1.84. The third-order valence-corrected chi connectivity index (χ3v) is 3.77. The highest BCUT2D eigenvalue weighted by atomic mass is 35.5. The maximum atomic E-state index is 12.3. The predicted molar refractivity (Wildman–Crippen MR) is 88.9 cm³/mol. The number of halogens is 2. The van der Waals surface area contributed by atoms with E-state index in [2.05, 4.69) is 10.6 Å². The molecule has 0 heterocycles. The van der Waals surface area contributed by atoms with Gasteiger partial charge in [-0.05, 0) is 12.1 Å². The monoisotopic (exact) mass is 352 g/mol. The van der Waals surface area contributed by atoms with Gasteiger partial charge in [0.25, 0.3) is 5.91 Å². The van der Waals surface area contributed by atoms with Crippen LogP contribution in [0.5, 0.6) is 5.75 Å². The maximum absolute atomic E-state index is 12.3. The number of rotatable bonds is 4. The molecule has 23 heavy (non-hydrogen) atoms. The molecule has 120 valence electrons. The largest absolute Gasteiger partial charge is 0.474 e. The van der Waals surface area contributed by atoms with Crippen molar-refractivity contribution in [2.75, 3.05) is 7.05 Å². The normalized spacial score (nSPS) is 11.4. The molecule has 7 heteroatoms. The van der Waals surface area contributed by atoms with Crippen LogP contribution in [0.15, 0.2) is 48.5 Å². The Labute approximate surface area is 143 Å². The third-order valence-electron chi connectivity index (χ3n) is 2.97. The van der Waals surface area contributed by atoms with Crippen LogP contribution in [0.2, 0.25) is 10.0 Å². The van der Waals surface area contributed by atoms with Gasteiger partial charge in [-0.1, -0.05) is 59.6 Å². The van der Waals surface area contributed by atoms with Gasteiger partial charge in [-0.15, -0.1) is 0 Å². The number of hydrogen-bond acceptors (Lipinski definition) is 3. The summed E-state index contributed by atoms with van der Waals surface area (Å²) < 4.78 is 5.71. The molecule has 0 saturated carbocycles. The van der Waals surface area contributed by atoms with Crippen molar-refractivity contribution in [3.05, 3.63) is 64.1 Å². The van der Waals surface area contributed by atoms with Crippen LogP contribution in [-0.2, 0) is 4.79 Å². The molecule has 2 aromatic rings. The van der Waals surface area contributed by atoms with E-state index in [0.717, 1.165) is 0 Å². The van der Waals surface area contributed by atoms with Crippen LogP contribution >= 0.6 is 23.2 Å². The summed E-state index contributed by atoms with van der Waals surface area (Å²) in [5, 5.41) is 5.01. The highest BCUT2D eigenvalue weighted by Crippen LogP contribution is 2.34. The number of imide groups is 1. The Morgan fingerprint density at radius 2 is 1.74 bits per heavy atom. The average molecular weight is 353 g/mol. The summed E-state index contributed by atoms with van der Waals surface area (Å²) in [5.74, 6) is -0.369. The Hall–Kier alpha value is -2.24. The molecule has 0 radical (unpaired) electrons. The molecule has 0 fully saturated rings. The summed E-state index contributed by atoms with van der Waals surface area (Å²) in [4.78, 5) is 23.7. The molecule has 0 saturated heterocycles. The standard InChI is InChI=1S/C16H14Cl2N2O3/c1-19-16(22)20-15(21)14(10-6-3-2-4-7-10)23-12-9-5-8-11(17)13(12)18/h2-9,14H,1H3,(H2,19,20,21,22)/t14-/m1/s1. The smallest absolute Gasteiger partial charge is 0.321 e. The van der Waals surface area contributed by atoms with Gasteiger partial charge in [0.05, 0.1) is 5.02 Å². The molecule has 0 aromatic heterocycles. The lowest BCUT2D eigenvalue weighted by Gasteiger charge is -2.19. The van der Waals surface area contributed by atoms with Crippen LogP contribution in [0, 0.1) is 0 Å². The van der Waals surface area contributed by atoms with E-state index in [1.807, 2.05) is 6.07 Å². The summed E-state index contributed by atoms with van der Waals surface area (Å²) in [6.07, 6.45) is -1.05. The number of ether oxygens (including phenoxy) is 1. The first-order valence-electron chi connectivity index (χ1n) is 6.71. The first-order chi connectivity index (χ1) is 11.0. The van der Waals surface area contributed by atoms with E-state index in [9.17, 15) is 9.59 Å². The van der Waals surface area contributed by atoms with Gasteiger partial charge in [0, 0.05) is 12.6 Å². The summed E-state index contributed by atoms with van der Waals surface area (Å²) in [7, 11) is 1.41. The second kappa shape index (κ2) is 7.85. The molecule has 0 bridgehead atoms. The van der Waals surface area contributed by atoms with Gasteiger partial charge < -0.3 is 10.1 Å². The van der Waals surface area contributed by atoms with Gasteiger partial charge in [-0.2, -0.15) is 0 Å². The summed E-state index contributed by atoms with van der Waals surface area (Å²) in [6.45, 7) is 0. The highest BCUT2D eigenvalue weighted by Gasteiger charge is 2.25. The molecule has 3 amide bonds. The Kier molecular flexibility index (Phi) is 5.84. The second-order valence-corrected chi connectivity index (χ2v) is 5.31. The first kappa shape index (κ1) is 17.1. The van der Waals surface area contributed by atoms with Crippen molar-refractivity contribution in [2.24, 2.45) is 0 Å². The van der Waals surface area contributed by atoms with Crippen molar-refractivity contribution in [3.8, 4) is 5.75 Å². The fraction of sp³-hybridized carbons (Fsp3) is 0.125. The van der Waals surface area contributed by atoms with E-state index in [1.54, 1.807) is 42.5 Å². The van der Waals surface area contributed by atoms with Crippen molar-refractivity contribution in [2.45, 2.75) is 6.10 Å². The predicted octanol–water partition coefficient (Wildman–Crippen LogP) is 3.57. The summed E-state index contributed by atoms with van der Waals surface area (Å²) in [5.41, 5.74) is 0.574. The van der Waals surface area contributed by atoms with Gasteiger partial charge >= 0.3 is 6.03 Å². The van der Waals surface area contributed by atoms with Crippen LogP contribution in [0.25, 0.3) is 0 Å². The minimum absolute atomic E-state index is 0.197. The Morgan fingerprint density at radius 3 is 2.39 bits per heavy atom. The van der Waals surface area contributed by atoms with E-state index in [-0.39, 0.29) is 10.8 Å². The molecular weight excluding hydrogens is 339 g/mol. The minimum atomic E-state index is -1.05. The average Bonchev–Trinajstić information content (AvgIpc) is 2.56. The van der Waals surface area contributed by atoms with Gasteiger partial charge in [0.15, 0.2) is 0 Å². The van der Waals surface area contributed by atoms with Crippen molar-refractivity contribution < 1.29 is 14.3 Å². The number of nitrogens with one attached hydrogen (secondary N) is 2. The first-order valence-corrected chi connectivity index (χ1v) is 7.46. The molecule has 0 aliphatic rings. The van der Waals surface area contributed by atoms with E-state index in [4.69, 9.17) is 27.9 Å². The molecule has 2 N–H and O–H groups in total. The lowest BCUT2D eigenvalue weighted by molar-refractivity contribution is -0.127. The van der Waals surface area contributed by atoms with Crippen molar-refractivity contribution in [3.63, 3.8) is 0 Å². The highest BCUT2D eigenvalue weighted by molar-refractivity contribution is 6.42. The Morgan fingerprint density at radius 1 is 1.04 bits per heavy atom. The van der Waals surface area contributed by atoms with E-state index in [1.165, 1.54) is 7.05 Å². The van der Waals surface area contributed by atoms with Crippen molar-refractivity contribution in [1.29, 1.82) is 0 Å². The zero-order chi connectivity index (χ0) is 16.8. The number of carbonyl (C=O) groups is 2. The SMILES string of the molecule is CNC(=O)NC(=O)[C@H](Oc1cccc(Cl)c1Cl)c1ccccc1. The minimum Gasteiger partial charge on any atom is -0.474 e. The summed E-state index contributed by atoms with van der Waals surface area (Å²) >= 11 is 12.0. The molecule has 0 aliphatic heterocycles. The van der Waals surface area contributed by atoms with Gasteiger partial charge in [-0.3, -0.25) is 10.1 Å². The fourth-order valence-corrected chi connectivity index (χ4v) is 2.18. The Balaban J connectivity index is 2.32. The number of amides is 3. The summed E-state index contributed by atoms with van der Waals surface area (Å²) in [6, 6.07) is 13.0. The lowest BCUT2D eigenvalue weighted by atomic mass is 10.1. The molecule has 0 aliphatic carbocycles. The molecule has 1 atom stereocenters. The molecule has 0 unspecified atom stereocenters. The Bertz CT molecular complexity index is 708.